The predicted molar refractivity (Wildman–Crippen MR) is 72.9 cm³/mol. The molecule has 104 valence electrons. The average molecular weight is 283 g/mol. The Balaban J connectivity index is 2.30. The fourth-order valence-electron chi connectivity index (χ4n) is 2.31. The molecule has 0 saturated heterocycles. The molecule has 0 aromatic heterocycles. The minimum atomic E-state index is -3.55. The van der Waals surface area contributed by atoms with Gasteiger partial charge in [-0.15, -0.1) is 0 Å². The van der Waals surface area contributed by atoms with Crippen molar-refractivity contribution in [2.45, 2.75) is 26.2 Å². The van der Waals surface area contributed by atoms with Gasteiger partial charge in [0.2, 0.25) is 10.0 Å². The number of carboxylic acids is 1. The van der Waals surface area contributed by atoms with Gasteiger partial charge < -0.3 is 5.11 Å². The average Bonchev–Trinajstić information content (AvgIpc) is 2.35. The van der Waals surface area contributed by atoms with Crippen LogP contribution in [0.1, 0.15) is 24.0 Å². The summed E-state index contributed by atoms with van der Waals surface area (Å²) in [6.07, 6.45) is 1.27. The number of anilines is 1. The Bertz CT molecular complexity index is 595. The number of carbonyl (C=O) groups is 1. The Morgan fingerprint density at radius 3 is 2.84 bits per heavy atom. The molecule has 6 heteroatoms. The van der Waals surface area contributed by atoms with Gasteiger partial charge in [-0.25, -0.2) is 8.42 Å². The number of hydrogen-bond donors (Lipinski definition) is 1. The van der Waals surface area contributed by atoms with Crippen LogP contribution in [-0.2, 0) is 21.2 Å². The Hall–Kier alpha value is -1.56. The van der Waals surface area contributed by atoms with E-state index < -0.39 is 16.0 Å². The second kappa shape index (κ2) is 5.21. The van der Waals surface area contributed by atoms with Crippen molar-refractivity contribution in [2.75, 3.05) is 16.6 Å². The summed E-state index contributed by atoms with van der Waals surface area (Å²) in [6.45, 7) is 2.40. The molecule has 0 saturated carbocycles. The van der Waals surface area contributed by atoms with Gasteiger partial charge in [-0.1, -0.05) is 17.7 Å². The highest BCUT2D eigenvalue weighted by molar-refractivity contribution is 7.92. The number of aryl methyl sites for hydroxylation is 2. The van der Waals surface area contributed by atoms with Gasteiger partial charge in [-0.3, -0.25) is 9.10 Å². The summed E-state index contributed by atoms with van der Waals surface area (Å²) in [5.41, 5.74) is 2.82. The van der Waals surface area contributed by atoms with Crippen LogP contribution in [0.25, 0.3) is 0 Å². The normalized spacial score (nSPS) is 15.1. The van der Waals surface area contributed by atoms with E-state index in [4.69, 9.17) is 5.11 Å². The van der Waals surface area contributed by atoms with Crippen LogP contribution in [0.2, 0.25) is 0 Å². The number of hydrogen-bond acceptors (Lipinski definition) is 3. The number of carboxylic acid groups (broad SMARTS) is 1. The van der Waals surface area contributed by atoms with Crippen molar-refractivity contribution in [2.24, 2.45) is 0 Å². The first kappa shape index (κ1) is 13.9. The molecule has 0 unspecified atom stereocenters. The van der Waals surface area contributed by atoms with Crippen molar-refractivity contribution in [1.82, 2.24) is 0 Å². The van der Waals surface area contributed by atoms with E-state index in [1.165, 1.54) is 4.31 Å². The van der Waals surface area contributed by atoms with E-state index in [0.717, 1.165) is 24.0 Å². The topological polar surface area (TPSA) is 74.7 Å². The van der Waals surface area contributed by atoms with E-state index >= 15 is 0 Å². The maximum absolute atomic E-state index is 12.2. The molecule has 2 rings (SSSR count). The Morgan fingerprint density at radius 2 is 2.16 bits per heavy atom. The molecule has 1 heterocycles. The number of sulfonamides is 1. The van der Waals surface area contributed by atoms with Gasteiger partial charge in [-0.05, 0) is 31.4 Å². The van der Waals surface area contributed by atoms with Crippen molar-refractivity contribution in [1.29, 1.82) is 0 Å². The summed E-state index contributed by atoms with van der Waals surface area (Å²) in [5.74, 6) is -1.44. The second-order valence-corrected chi connectivity index (χ2v) is 6.78. The van der Waals surface area contributed by atoms with Crippen LogP contribution in [0, 0.1) is 6.92 Å². The van der Waals surface area contributed by atoms with E-state index in [1.807, 2.05) is 25.1 Å². The van der Waals surface area contributed by atoms with Gasteiger partial charge in [0.1, 0.15) is 0 Å². The van der Waals surface area contributed by atoms with E-state index in [9.17, 15) is 13.2 Å². The molecule has 1 aromatic carbocycles. The van der Waals surface area contributed by atoms with Crippen LogP contribution in [0.5, 0.6) is 0 Å². The minimum absolute atomic E-state index is 0.352. The van der Waals surface area contributed by atoms with Crippen LogP contribution >= 0.6 is 0 Å². The quantitative estimate of drug-likeness (QED) is 0.909. The van der Waals surface area contributed by atoms with E-state index in [0.29, 0.717) is 12.2 Å². The molecular weight excluding hydrogens is 266 g/mol. The third-order valence-corrected chi connectivity index (χ3v) is 4.99. The molecule has 19 heavy (non-hydrogen) atoms. The molecule has 0 atom stereocenters. The molecule has 1 aromatic rings. The highest BCUT2D eigenvalue weighted by atomic mass is 32.2. The summed E-state index contributed by atoms with van der Waals surface area (Å²) in [4.78, 5) is 10.5. The van der Waals surface area contributed by atoms with E-state index in [1.54, 1.807) is 0 Å². The number of benzene rings is 1. The number of nitrogens with zero attached hydrogens (tertiary/aromatic N) is 1. The maximum Gasteiger partial charge on any atom is 0.304 e. The largest absolute Gasteiger partial charge is 0.481 e. The maximum atomic E-state index is 12.2. The standard InChI is InChI=1S/C13H17NO4S/c1-10-4-5-12-11(9-10)3-2-7-14(12)19(17,18)8-6-13(15)16/h4-5,9H,2-3,6-8H2,1H3,(H,15,16). The summed E-state index contributed by atoms with van der Waals surface area (Å²) in [7, 11) is -3.55. The first-order chi connectivity index (χ1) is 8.90. The number of rotatable bonds is 4. The zero-order valence-electron chi connectivity index (χ0n) is 10.8. The summed E-state index contributed by atoms with van der Waals surface area (Å²) in [6, 6.07) is 5.68. The molecule has 0 amide bonds. The molecule has 0 aliphatic carbocycles. The molecule has 0 spiro atoms. The molecule has 1 aliphatic rings. The second-order valence-electron chi connectivity index (χ2n) is 4.77. The van der Waals surface area contributed by atoms with Gasteiger partial charge in [-0.2, -0.15) is 0 Å². The summed E-state index contributed by atoms with van der Waals surface area (Å²) >= 11 is 0. The van der Waals surface area contributed by atoms with Crippen molar-refractivity contribution >= 4 is 21.7 Å². The van der Waals surface area contributed by atoms with Gasteiger partial charge in [0.25, 0.3) is 0 Å². The third kappa shape index (κ3) is 3.07. The van der Waals surface area contributed by atoms with Crippen molar-refractivity contribution in [3.8, 4) is 0 Å². The highest BCUT2D eigenvalue weighted by Gasteiger charge is 2.27. The first-order valence-corrected chi connectivity index (χ1v) is 7.83. The number of aliphatic carboxylic acids is 1. The van der Waals surface area contributed by atoms with Gasteiger partial charge in [0, 0.05) is 6.54 Å². The molecule has 1 N–H and O–H groups in total. The Kier molecular flexibility index (Phi) is 3.80. The lowest BCUT2D eigenvalue weighted by atomic mass is 10.0. The smallest absolute Gasteiger partial charge is 0.304 e. The predicted octanol–water partition coefficient (Wildman–Crippen LogP) is 1.55. The molecule has 0 fully saturated rings. The van der Waals surface area contributed by atoms with E-state index in [-0.39, 0.29) is 12.2 Å². The monoisotopic (exact) mass is 283 g/mol. The SMILES string of the molecule is Cc1ccc2c(c1)CCCN2S(=O)(=O)CCC(=O)O. The molecule has 5 nitrogen and oxygen atoms in total. The zero-order valence-corrected chi connectivity index (χ0v) is 11.6. The molecule has 1 aliphatic heterocycles. The highest BCUT2D eigenvalue weighted by Crippen LogP contribution is 2.30. The minimum Gasteiger partial charge on any atom is -0.481 e. The van der Waals surface area contributed by atoms with E-state index in [2.05, 4.69) is 0 Å². The fraction of sp³-hybridized carbons (Fsp3) is 0.462. The summed E-state index contributed by atoms with van der Waals surface area (Å²) < 4.78 is 25.8. The molecule has 0 bridgehead atoms. The van der Waals surface area contributed by atoms with Crippen LogP contribution < -0.4 is 4.31 Å². The van der Waals surface area contributed by atoms with Crippen LogP contribution in [0.3, 0.4) is 0 Å². The Labute approximate surface area is 112 Å². The number of fused-ring (bicyclic) bond motifs is 1. The van der Waals surface area contributed by atoms with Crippen molar-refractivity contribution in [3.05, 3.63) is 29.3 Å². The Morgan fingerprint density at radius 1 is 1.42 bits per heavy atom. The lowest BCUT2D eigenvalue weighted by Crippen LogP contribution is -2.37. The first-order valence-electron chi connectivity index (χ1n) is 6.22. The third-order valence-electron chi connectivity index (χ3n) is 3.22. The molecular formula is C13H17NO4S. The van der Waals surface area contributed by atoms with Gasteiger partial charge in [0.05, 0.1) is 17.9 Å². The van der Waals surface area contributed by atoms with Gasteiger partial charge >= 0.3 is 5.97 Å². The summed E-state index contributed by atoms with van der Waals surface area (Å²) in [5, 5.41) is 8.62. The molecule has 0 radical (unpaired) electrons. The lowest BCUT2D eigenvalue weighted by Gasteiger charge is -2.30. The lowest BCUT2D eigenvalue weighted by molar-refractivity contribution is -0.136. The van der Waals surface area contributed by atoms with Crippen LogP contribution in [0.4, 0.5) is 5.69 Å². The van der Waals surface area contributed by atoms with Crippen molar-refractivity contribution < 1.29 is 18.3 Å². The van der Waals surface area contributed by atoms with Crippen molar-refractivity contribution in [3.63, 3.8) is 0 Å². The zero-order chi connectivity index (χ0) is 14.0. The van der Waals surface area contributed by atoms with Gasteiger partial charge in [0.15, 0.2) is 0 Å². The fourth-order valence-corrected chi connectivity index (χ4v) is 3.84. The van der Waals surface area contributed by atoms with Crippen LogP contribution in [0.15, 0.2) is 18.2 Å². The van der Waals surface area contributed by atoms with Crippen LogP contribution in [-0.4, -0.2) is 31.8 Å².